The van der Waals surface area contributed by atoms with Gasteiger partial charge < -0.3 is 10.2 Å². The van der Waals surface area contributed by atoms with Gasteiger partial charge in [0.05, 0.1) is 5.69 Å². The quantitative estimate of drug-likeness (QED) is 0.901. The molecule has 0 bridgehead atoms. The van der Waals surface area contributed by atoms with Crippen molar-refractivity contribution in [2.45, 2.75) is 13.5 Å². The van der Waals surface area contributed by atoms with Crippen LogP contribution in [0.25, 0.3) is 0 Å². The molecule has 0 atom stereocenters. The molecule has 100 valence electrons. The van der Waals surface area contributed by atoms with Gasteiger partial charge in [-0.15, -0.1) is 0 Å². The number of nitrogens with zero attached hydrogens (tertiary/aromatic N) is 1. The number of anilines is 2. The van der Waals surface area contributed by atoms with Crippen molar-refractivity contribution < 1.29 is 4.39 Å². The second-order valence-corrected chi connectivity index (χ2v) is 4.68. The van der Waals surface area contributed by atoms with Crippen LogP contribution in [0.3, 0.4) is 0 Å². The Morgan fingerprint density at radius 2 is 1.89 bits per heavy atom. The summed E-state index contributed by atoms with van der Waals surface area (Å²) in [6.45, 7) is 2.68. The molecule has 0 spiro atoms. The van der Waals surface area contributed by atoms with Crippen LogP contribution in [-0.2, 0) is 6.54 Å². The first-order valence-electron chi connectivity index (χ1n) is 6.36. The van der Waals surface area contributed by atoms with Crippen molar-refractivity contribution in [2.75, 3.05) is 19.0 Å². The van der Waals surface area contributed by atoms with Crippen LogP contribution in [0.15, 0.2) is 42.5 Å². The molecule has 2 aromatic rings. The van der Waals surface area contributed by atoms with Crippen LogP contribution >= 0.6 is 0 Å². The Balaban J connectivity index is 2.45. The predicted octanol–water partition coefficient (Wildman–Crippen LogP) is 3.62. The van der Waals surface area contributed by atoms with E-state index in [4.69, 9.17) is 0 Å². The highest BCUT2D eigenvalue weighted by atomic mass is 19.1. The van der Waals surface area contributed by atoms with Crippen molar-refractivity contribution in [2.24, 2.45) is 0 Å². The standard InChI is InChI=1S/C16H19FN2/c1-12-6-4-8-14(10-12)19(3)16-13(11-18-2)7-5-9-15(16)17/h4-10,18H,11H2,1-3H3. The van der Waals surface area contributed by atoms with Gasteiger partial charge in [-0.25, -0.2) is 4.39 Å². The van der Waals surface area contributed by atoms with Gasteiger partial charge in [-0.05, 0) is 43.3 Å². The molecule has 0 saturated heterocycles. The highest BCUT2D eigenvalue weighted by Gasteiger charge is 2.13. The molecule has 0 unspecified atom stereocenters. The van der Waals surface area contributed by atoms with Crippen LogP contribution in [0.2, 0.25) is 0 Å². The Kier molecular flexibility index (Phi) is 4.17. The first-order valence-corrected chi connectivity index (χ1v) is 6.36. The zero-order chi connectivity index (χ0) is 13.8. The summed E-state index contributed by atoms with van der Waals surface area (Å²) in [7, 11) is 3.76. The highest BCUT2D eigenvalue weighted by Crippen LogP contribution is 2.30. The third-order valence-electron chi connectivity index (χ3n) is 3.16. The average molecular weight is 258 g/mol. The lowest BCUT2D eigenvalue weighted by Crippen LogP contribution is -2.16. The maximum Gasteiger partial charge on any atom is 0.147 e. The van der Waals surface area contributed by atoms with Gasteiger partial charge in [0.2, 0.25) is 0 Å². The smallest absolute Gasteiger partial charge is 0.147 e. The Hall–Kier alpha value is -1.87. The van der Waals surface area contributed by atoms with E-state index in [0.29, 0.717) is 12.2 Å². The Morgan fingerprint density at radius 3 is 2.58 bits per heavy atom. The lowest BCUT2D eigenvalue weighted by Gasteiger charge is -2.23. The molecular formula is C16H19FN2. The average Bonchev–Trinajstić information content (AvgIpc) is 2.39. The predicted molar refractivity (Wildman–Crippen MR) is 78.4 cm³/mol. The Labute approximate surface area is 113 Å². The van der Waals surface area contributed by atoms with Crippen molar-refractivity contribution in [3.05, 3.63) is 59.4 Å². The van der Waals surface area contributed by atoms with Crippen LogP contribution in [0, 0.1) is 12.7 Å². The van der Waals surface area contributed by atoms with Crippen molar-refractivity contribution in [3.63, 3.8) is 0 Å². The van der Waals surface area contributed by atoms with Crippen LogP contribution in [0.5, 0.6) is 0 Å². The number of hydrogen-bond acceptors (Lipinski definition) is 2. The molecule has 3 heteroatoms. The lowest BCUT2D eigenvalue weighted by atomic mass is 10.1. The first-order chi connectivity index (χ1) is 9.13. The molecule has 2 nitrogen and oxygen atoms in total. The summed E-state index contributed by atoms with van der Waals surface area (Å²) in [4.78, 5) is 1.90. The highest BCUT2D eigenvalue weighted by molar-refractivity contribution is 5.66. The number of benzene rings is 2. The first kappa shape index (κ1) is 13.6. The summed E-state index contributed by atoms with van der Waals surface area (Å²) < 4.78 is 14.1. The number of nitrogens with one attached hydrogen (secondary N) is 1. The minimum absolute atomic E-state index is 0.197. The van der Waals surface area contributed by atoms with Crippen molar-refractivity contribution in [3.8, 4) is 0 Å². The number of aryl methyl sites for hydroxylation is 1. The SMILES string of the molecule is CNCc1cccc(F)c1N(C)c1cccc(C)c1. The molecule has 0 heterocycles. The molecule has 0 aliphatic heterocycles. The number of para-hydroxylation sites is 1. The Morgan fingerprint density at radius 1 is 1.16 bits per heavy atom. The van der Waals surface area contributed by atoms with E-state index in [0.717, 1.165) is 16.8 Å². The van der Waals surface area contributed by atoms with Crippen molar-refractivity contribution in [1.82, 2.24) is 5.32 Å². The van der Waals surface area contributed by atoms with Gasteiger partial charge in [-0.2, -0.15) is 0 Å². The zero-order valence-electron chi connectivity index (χ0n) is 11.6. The zero-order valence-corrected chi connectivity index (χ0v) is 11.6. The summed E-state index contributed by atoms with van der Waals surface area (Å²) in [6.07, 6.45) is 0. The second-order valence-electron chi connectivity index (χ2n) is 4.68. The summed E-state index contributed by atoms with van der Waals surface area (Å²) in [5.74, 6) is -0.197. The number of hydrogen-bond donors (Lipinski definition) is 1. The normalized spacial score (nSPS) is 10.5. The topological polar surface area (TPSA) is 15.3 Å². The van der Waals surface area contributed by atoms with Crippen molar-refractivity contribution >= 4 is 11.4 Å². The van der Waals surface area contributed by atoms with Crippen LogP contribution in [0.1, 0.15) is 11.1 Å². The maximum absolute atomic E-state index is 14.1. The largest absolute Gasteiger partial charge is 0.342 e. The fourth-order valence-corrected chi connectivity index (χ4v) is 2.23. The molecule has 0 saturated carbocycles. The van der Waals surface area contributed by atoms with Gasteiger partial charge in [0.1, 0.15) is 5.82 Å². The molecule has 2 aromatic carbocycles. The van der Waals surface area contributed by atoms with E-state index in [9.17, 15) is 4.39 Å². The Bertz CT molecular complexity index is 566. The van der Waals surface area contributed by atoms with Gasteiger partial charge in [0, 0.05) is 19.3 Å². The van der Waals surface area contributed by atoms with Gasteiger partial charge in [0.15, 0.2) is 0 Å². The molecule has 0 aliphatic rings. The fraction of sp³-hybridized carbons (Fsp3) is 0.250. The molecule has 19 heavy (non-hydrogen) atoms. The molecule has 1 N–H and O–H groups in total. The van der Waals surface area contributed by atoms with E-state index >= 15 is 0 Å². The van der Waals surface area contributed by atoms with E-state index in [-0.39, 0.29) is 5.82 Å². The molecule has 0 amide bonds. The molecule has 0 aromatic heterocycles. The monoisotopic (exact) mass is 258 g/mol. The fourth-order valence-electron chi connectivity index (χ4n) is 2.23. The van der Waals surface area contributed by atoms with E-state index < -0.39 is 0 Å². The molecule has 0 radical (unpaired) electrons. The molecule has 0 aliphatic carbocycles. The third kappa shape index (κ3) is 2.93. The second kappa shape index (κ2) is 5.85. The number of halogens is 1. The molecule has 0 fully saturated rings. The van der Waals surface area contributed by atoms with Gasteiger partial charge in [0.25, 0.3) is 0 Å². The number of rotatable bonds is 4. The lowest BCUT2D eigenvalue weighted by molar-refractivity contribution is 0.623. The summed E-state index contributed by atoms with van der Waals surface area (Å²) in [6, 6.07) is 13.3. The third-order valence-corrected chi connectivity index (χ3v) is 3.16. The summed E-state index contributed by atoms with van der Waals surface area (Å²) in [5.41, 5.74) is 3.73. The maximum atomic E-state index is 14.1. The van der Waals surface area contributed by atoms with E-state index in [2.05, 4.69) is 11.4 Å². The van der Waals surface area contributed by atoms with Crippen LogP contribution in [-0.4, -0.2) is 14.1 Å². The summed E-state index contributed by atoms with van der Waals surface area (Å²) in [5, 5.41) is 3.08. The summed E-state index contributed by atoms with van der Waals surface area (Å²) >= 11 is 0. The molecular weight excluding hydrogens is 239 g/mol. The minimum Gasteiger partial charge on any atom is -0.342 e. The van der Waals surface area contributed by atoms with Gasteiger partial charge in [-0.3, -0.25) is 0 Å². The van der Waals surface area contributed by atoms with Crippen LogP contribution in [0.4, 0.5) is 15.8 Å². The van der Waals surface area contributed by atoms with E-state index in [1.54, 1.807) is 6.07 Å². The van der Waals surface area contributed by atoms with Crippen LogP contribution < -0.4 is 10.2 Å². The van der Waals surface area contributed by atoms with E-state index in [1.807, 2.05) is 50.2 Å². The molecule has 2 rings (SSSR count). The van der Waals surface area contributed by atoms with E-state index in [1.165, 1.54) is 6.07 Å². The van der Waals surface area contributed by atoms with Gasteiger partial charge in [-0.1, -0.05) is 24.3 Å². The van der Waals surface area contributed by atoms with Crippen molar-refractivity contribution in [1.29, 1.82) is 0 Å². The van der Waals surface area contributed by atoms with Gasteiger partial charge >= 0.3 is 0 Å². The minimum atomic E-state index is -0.197.